The summed E-state index contributed by atoms with van der Waals surface area (Å²) in [5, 5.41) is 30.3. The zero-order valence-electron chi connectivity index (χ0n) is 16.1. The highest BCUT2D eigenvalue weighted by molar-refractivity contribution is 7.13. The summed E-state index contributed by atoms with van der Waals surface area (Å²) in [5.74, 6) is -0.891. The summed E-state index contributed by atoms with van der Waals surface area (Å²) in [6, 6.07) is 11.1. The van der Waals surface area contributed by atoms with E-state index in [0.29, 0.717) is 22.7 Å². The minimum absolute atomic E-state index is 0.0944. The van der Waals surface area contributed by atoms with Crippen LogP contribution in [0, 0.1) is 0 Å². The van der Waals surface area contributed by atoms with Crippen molar-refractivity contribution >= 4 is 28.9 Å². The van der Waals surface area contributed by atoms with Crippen LogP contribution in [0.5, 0.6) is 0 Å². The van der Waals surface area contributed by atoms with E-state index >= 15 is 0 Å². The van der Waals surface area contributed by atoms with Gasteiger partial charge in [0.25, 0.3) is 0 Å². The normalized spacial score (nSPS) is 21.1. The summed E-state index contributed by atoms with van der Waals surface area (Å²) in [6.07, 6.45) is 6.39. The molecule has 2 heterocycles. The Bertz CT molecular complexity index is 853. The van der Waals surface area contributed by atoms with Crippen LogP contribution in [-0.2, 0) is 12.8 Å². The van der Waals surface area contributed by atoms with Gasteiger partial charge in [-0.1, -0.05) is 35.9 Å². The van der Waals surface area contributed by atoms with Crippen molar-refractivity contribution in [3.63, 3.8) is 0 Å². The number of hydrogen-bond acceptors (Lipinski definition) is 5. The van der Waals surface area contributed by atoms with Crippen molar-refractivity contribution in [2.24, 2.45) is 0 Å². The first-order valence-corrected chi connectivity index (χ1v) is 11.0. The standard InChI is InChI=1S/C22H26ClNO4S/c23-16-4-1-3-15(13-16)14-18(25)8-6-17-7-11-21(26)24(17)12-2-5-19-9-10-20(29-19)22(27)28/h1,3-4,6,8-10,13,17-18,21,25-26H,2,5,7,11-12,14H2,(H,27,28)/b8-6+/t17-,18+,21?/m0/s1. The maximum Gasteiger partial charge on any atom is 0.345 e. The van der Waals surface area contributed by atoms with Gasteiger partial charge in [0.15, 0.2) is 0 Å². The molecule has 0 saturated carbocycles. The number of carboxylic acid groups (broad SMARTS) is 1. The molecule has 1 aromatic carbocycles. The second-order valence-corrected chi connectivity index (χ2v) is 8.93. The van der Waals surface area contributed by atoms with Gasteiger partial charge in [-0.15, -0.1) is 11.3 Å². The first kappa shape index (κ1) is 22.0. The predicted octanol–water partition coefficient (Wildman–Crippen LogP) is 3.97. The highest BCUT2D eigenvalue weighted by atomic mass is 35.5. The van der Waals surface area contributed by atoms with Gasteiger partial charge >= 0.3 is 5.97 Å². The molecular formula is C22H26ClNO4S. The summed E-state index contributed by atoms with van der Waals surface area (Å²) in [6.45, 7) is 0.723. The van der Waals surface area contributed by atoms with E-state index in [4.69, 9.17) is 16.7 Å². The van der Waals surface area contributed by atoms with E-state index < -0.39 is 18.3 Å². The molecule has 1 aliphatic rings. The van der Waals surface area contributed by atoms with Crippen molar-refractivity contribution in [2.45, 2.75) is 50.5 Å². The van der Waals surface area contributed by atoms with Crippen LogP contribution in [0.25, 0.3) is 0 Å². The molecule has 3 atom stereocenters. The number of hydrogen-bond donors (Lipinski definition) is 3. The van der Waals surface area contributed by atoms with E-state index in [0.717, 1.165) is 36.2 Å². The van der Waals surface area contributed by atoms with E-state index in [1.54, 1.807) is 12.1 Å². The highest BCUT2D eigenvalue weighted by Gasteiger charge is 2.29. The molecule has 1 unspecified atom stereocenters. The van der Waals surface area contributed by atoms with E-state index in [2.05, 4.69) is 0 Å². The van der Waals surface area contributed by atoms with Gasteiger partial charge in [0, 0.05) is 28.9 Å². The van der Waals surface area contributed by atoms with Gasteiger partial charge in [0.05, 0.1) is 6.10 Å². The molecule has 1 fully saturated rings. The molecule has 156 valence electrons. The summed E-state index contributed by atoms with van der Waals surface area (Å²) < 4.78 is 0. The average molecular weight is 436 g/mol. The molecule has 1 aliphatic heterocycles. The Morgan fingerprint density at radius 1 is 1.31 bits per heavy atom. The second-order valence-electron chi connectivity index (χ2n) is 7.32. The van der Waals surface area contributed by atoms with Crippen LogP contribution in [0.3, 0.4) is 0 Å². The Hall–Kier alpha value is -1.70. The number of carboxylic acids is 1. The number of aliphatic hydroxyl groups excluding tert-OH is 2. The average Bonchev–Trinajstić information content (AvgIpc) is 3.28. The van der Waals surface area contributed by atoms with Crippen LogP contribution in [0.15, 0.2) is 48.6 Å². The number of nitrogens with zero attached hydrogens (tertiary/aromatic N) is 1. The molecule has 2 aromatic rings. The molecule has 0 aliphatic carbocycles. The first-order chi connectivity index (χ1) is 13.9. The molecule has 0 amide bonds. The van der Waals surface area contributed by atoms with E-state index in [9.17, 15) is 15.0 Å². The molecule has 3 rings (SSSR count). The summed E-state index contributed by atoms with van der Waals surface area (Å²) in [5.41, 5.74) is 0.981. The van der Waals surface area contributed by atoms with Crippen LogP contribution in [0.4, 0.5) is 0 Å². The zero-order valence-corrected chi connectivity index (χ0v) is 17.6. The van der Waals surface area contributed by atoms with Crippen LogP contribution in [-0.4, -0.2) is 51.1 Å². The monoisotopic (exact) mass is 435 g/mol. The molecule has 1 saturated heterocycles. The van der Waals surface area contributed by atoms with Crippen molar-refractivity contribution < 1.29 is 20.1 Å². The maximum atomic E-state index is 11.0. The Morgan fingerprint density at radius 3 is 2.86 bits per heavy atom. The molecular weight excluding hydrogens is 410 g/mol. The molecule has 1 aromatic heterocycles. The number of benzene rings is 1. The number of aryl methyl sites for hydroxylation is 1. The minimum Gasteiger partial charge on any atom is -0.477 e. The topological polar surface area (TPSA) is 81.0 Å². The first-order valence-electron chi connectivity index (χ1n) is 9.79. The molecule has 0 bridgehead atoms. The SMILES string of the molecule is O=C(O)c1ccc(CCCN2C(O)CC[C@@H]2/C=C/[C@@H](O)Cc2cccc(Cl)c2)s1. The molecule has 7 heteroatoms. The third-order valence-corrected chi connectivity index (χ3v) is 6.50. The number of carbonyl (C=O) groups is 1. The van der Waals surface area contributed by atoms with Crippen LogP contribution in [0.1, 0.15) is 39.4 Å². The van der Waals surface area contributed by atoms with Gasteiger partial charge in [-0.05, 0) is 55.5 Å². The Kier molecular flexibility index (Phi) is 7.86. The fourth-order valence-electron chi connectivity index (χ4n) is 3.69. The van der Waals surface area contributed by atoms with E-state index in [1.807, 2.05) is 41.3 Å². The highest BCUT2D eigenvalue weighted by Crippen LogP contribution is 2.25. The third-order valence-electron chi connectivity index (χ3n) is 5.13. The minimum atomic E-state index is -0.891. The summed E-state index contributed by atoms with van der Waals surface area (Å²) in [7, 11) is 0. The van der Waals surface area contributed by atoms with E-state index in [-0.39, 0.29) is 6.04 Å². The van der Waals surface area contributed by atoms with E-state index in [1.165, 1.54) is 11.3 Å². The maximum absolute atomic E-state index is 11.0. The second kappa shape index (κ2) is 10.4. The van der Waals surface area contributed by atoms with Gasteiger partial charge in [0.2, 0.25) is 0 Å². The zero-order chi connectivity index (χ0) is 20.8. The number of aliphatic hydroxyl groups is 2. The van der Waals surface area contributed by atoms with Crippen molar-refractivity contribution in [1.82, 2.24) is 4.90 Å². The van der Waals surface area contributed by atoms with Crippen LogP contribution >= 0.6 is 22.9 Å². The number of aromatic carboxylic acids is 1. The summed E-state index contributed by atoms with van der Waals surface area (Å²) >= 11 is 7.30. The van der Waals surface area contributed by atoms with Gasteiger partial charge in [0.1, 0.15) is 11.1 Å². The molecule has 0 spiro atoms. The summed E-state index contributed by atoms with van der Waals surface area (Å²) in [4.78, 5) is 14.4. The Labute approximate surface area is 179 Å². The number of rotatable bonds is 9. The lowest BCUT2D eigenvalue weighted by Crippen LogP contribution is -2.36. The van der Waals surface area contributed by atoms with Crippen molar-refractivity contribution in [3.8, 4) is 0 Å². The van der Waals surface area contributed by atoms with Gasteiger partial charge in [-0.25, -0.2) is 4.79 Å². The number of halogens is 1. The Balaban J connectivity index is 1.50. The predicted molar refractivity (Wildman–Crippen MR) is 116 cm³/mol. The number of thiophene rings is 1. The lowest BCUT2D eigenvalue weighted by atomic mass is 10.1. The fraction of sp³-hybridized carbons (Fsp3) is 0.409. The van der Waals surface area contributed by atoms with Gasteiger partial charge < -0.3 is 15.3 Å². The molecule has 0 radical (unpaired) electrons. The quantitative estimate of drug-likeness (QED) is 0.519. The van der Waals surface area contributed by atoms with Crippen molar-refractivity contribution in [1.29, 1.82) is 0 Å². The number of likely N-dealkylation sites (tertiary alicyclic amines) is 1. The van der Waals surface area contributed by atoms with Gasteiger partial charge in [-0.2, -0.15) is 0 Å². The van der Waals surface area contributed by atoms with Crippen LogP contribution < -0.4 is 0 Å². The lowest BCUT2D eigenvalue weighted by Gasteiger charge is -2.25. The fourth-order valence-corrected chi connectivity index (χ4v) is 4.79. The molecule has 29 heavy (non-hydrogen) atoms. The largest absolute Gasteiger partial charge is 0.477 e. The smallest absolute Gasteiger partial charge is 0.345 e. The van der Waals surface area contributed by atoms with Crippen LogP contribution in [0.2, 0.25) is 5.02 Å². The van der Waals surface area contributed by atoms with Crippen molar-refractivity contribution in [3.05, 3.63) is 68.9 Å². The molecule has 5 nitrogen and oxygen atoms in total. The third kappa shape index (κ3) is 6.39. The lowest BCUT2D eigenvalue weighted by molar-refractivity contribution is 0.0252. The van der Waals surface area contributed by atoms with Gasteiger partial charge in [-0.3, -0.25) is 4.90 Å². The molecule has 3 N–H and O–H groups in total. The Morgan fingerprint density at radius 2 is 2.14 bits per heavy atom. The van der Waals surface area contributed by atoms with Crippen molar-refractivity contribution in [2.75, 3.05) is 6.54 Å².